The number of aromatic nitrogens is 2. The van der Waals surface area contributed by atoms with Crippen molar-refractivity contribution in [1.29, 1.82) is 0 Å². The first kappa shape index (κ1) is 21.7. The number of hydrogen-bond donors (Lipinski definition) is 2. The van der Waals surface area contributed by atoms with Crippen molar-refractivity contribution in [2.24, 2.45) is 0 Å². The lowest BCUT2D eigenvalue weighted by molar-refractivity contribution is -0.146. The third-order valence-corrected chi connectivity index (χ3v) is 5.49. The van der Waals surface area contributed by atoms with E-state index in [1.165, 1.54) is 24.3 Å². The molecular formula is C19H17FN4O4S2. The third kappa shape index (κ3) is 5.97. The van der Waals surface area contributed by atoms with Crippen LogP contribution in [0.4, 0.5) is 15.8 Å². The van der Waals surface area contributed by atoms with E-state index >= 15 is 0 Å². The van der Waals surface area contributed by atoms with E-state index in [0.717, 1.165) is 23.5 Å². The molecule has 0 radical (unpaired) electrons. The smallest absolute Gasteiger partial charge is 0.319 e. The maximum Gasteiger partial charge on any atom is 0.319 e. The van der Waals surface area contributed by atoms with Crippen LogP contribution < -0.4 is 10.6 Å². The van der Waals surface area contributed by atoms with Crippen molar-refractivity contribution >= 4 is 63.7 Å². The van der Waals surface area contributed by atoms with Gasteiger partial charge >= 0.3 is 5.97 Å². The lowest BCUT2D eigenvalue weighted by Crippen LogP contribution is -2.26. The predicted octanol–water partition coefficient (Wildman–Crippen LogP) is 3.07. The molecule has 0 saturated carbocycles. The molecule has 1 heterocycles. The van der Waals surface area contributed by atoms with Crippen LogP contribution in [0.2, 0.25) is 0 Å². The molecule has 3 aromatic rings. The van der Waals surface area contributed by atoms with Crippen molar-refractivity contribution in [3.8, 4) is 0 Å². The van der Waals surface area contributed by atoms with Crippen molar-refractivity contribution in [2.45, 2.75) is 12.2 Å². The van der Waals surface area contributed by atoms with E-state index in [1.54, 1.807) is 25.1 Å². The van der Waals surface area contributed by atoms with Gasteiger partial charge in [0.1, 0.15) is 22.1 Å². The van der Waals surface area contributed by atoms with E-state index in [2.05, 4.69) is 19.4 Å². The lowest BCUT2D eigenvalue weighted by Gasteiger charge is -2.12. The highest BCUT2D eigenvalue weighted by Crippen LogP contribution is 2.21. The number of anilines is 2. The molecule has 1 aromatic heterocycles. The Hall–Kier alpha value is -3.05. The Balaban J connectivity index is 1.40. The van der Waals surface area contributed by atoms with Crippen LogP contribution in [0.1, 0.15) is 6.92 Å². The van der Waals surface area contributed by atoms with Crippen molar-refractivity contribution < 1.29 is 23.5 Å². The van der Waals surface area contributed by atoms with Gasteiger partial charge in [-0.2, -0.15) is 8.75 Å². The van der Waals surface area contributed by atoms with Gasteiger partial charge in [0.25, 0.3) is 5.91 Å². The molecule has 3 rings (SSSR count). The Morgan fingerprint density at radius 2 is 1.87 bits per heavy atom. The summed E-state index contributed by atoms with van der Waals surface area (Å²) in [5, 5.41) is 4.59. The molecular weight excluding hydrogens is 431 g/mol. The number of hydrogen-bond acceptors (Lipinski definition) is 8. The zero-order valence-electron chi connectivity index (χ0n) is 15.8. The average Bonchev–Trinajstić information content (AvgIpc) is 3.22. The Kier molecular flexibility index (Phi) is 7.31. The molecule has 156 valence electrons. The summed E-state index contributed by atoms with van der Waals surface area (Å²) in [6.45, 7) is 1.12. The highest BCUT2D eigenvalue weighted by Gasteiger charge is 2.18. The zero-order valence-corrected chi connectivity index (χ0v) is 17.4. The number of carbonyl (C=O) groups is 3. The van der Waals surface area contributed by atoms with Gasteiger partial charge in [0, 0.05) is 5.69 Å². The minimum atomic E-state index is -0.650. The molecule has 30 heavy (non-hydrogen) atoms. The molecule has 0 unspecified atom stereocenters. The predicted molar refractivity (Wildman–Crippen MR) is 114 cm³/mol. The molecule has 0 saturated heterocycles. The van der Waals surface area contributed by atoms with Crippen molar-refractivity contribution in [2.75, 3.05) is 23.0 Å². The number of amides is 2. The Morgan fingerprint density at radius 1 is 1.10 bits per heavy atom. The zero-order chi connectivity index (χ0) is 21.5. The van der Waals surface area contributed by atoms with Crippen molar-refractivity contribution in [3.05, 3.63) is 48.3 Å². The van der Waals surface area contributed by atoms with E-state index in [1.807, 2.05) is 0 Å². The summed E-state index contributed by atoms with van der Waals surface area (Å²) in [7, 11) is 0. The van der Waals surface area contributed by atoms with Crippen LogP contribution >= 0.6 is 23.5 Å². The fourth-order valence-corrected chi connectivity index (χ4v) is 3.57. The number of rotatable bonds is 8. The maximum absolute atomic E-state index is 12.9. The number of carbonyl (C=O) groups excluding carboxylic acids is 3. The van der Waals surface area contributed by atoms with Gasteiger partial charge in [-0.1, -0.05) is 6.07 Å². The quantitative estimate of drug-likeness (QED) is 0.510. The molecule has 1 atom stereocenters. The van der Waals surface area contributed by atoms with Crippen LogP contribution in [0, 0.1) is 5.82 Å². The van der Waals surface area contributed by atoms with Crippen LogP contribution in [-0.2, 0) is 19.1 Å². The van der Waals surface area contributed by atoms with E-state index in [-0.39, 0.29) is 11.7 Å². The molecule has 0 aliphatic rings. The van der Waals surface area contributed by atoms with E-state index in [4.69, 9.17) is 4.74 Å². The number of benzene rings is 2. The van der Waals surface area contributed by atoms with Crippen LogP contribution in [-0.4, -0.2) is 44.1 Å². The van der Waals surface area contributed by atoms with E-state index in [0.29, 0.717) is 22.4 Å². The van der Waals surface area contributed by atoms with Gasteiger partial charge in [-0.25, -0.2) is 4.39 Å². The highest BCUT2D eigenvalue weighted by atomic mass is 32.2. The molecule has 11 heteroatoms. The molecule has 0 spiro atoms. The molecule has 2 N–H and O–H groups in total. The average molecular weight is 449 g/mol. The monoisotopic (exact) mass is 448 g/mol. The van der Waals surface area contributed by atoms with E-state index in [9.17, 15) is 18.8 Å². The number of thioether (sulfide) groups is 1. The van der Waals surface area contributed by atoms with Crippen LogP contribution in [0.15, 0.2) is 42.5 Å². The lowest BCUT2D eigenvalue weighted by atomic mass is 10.2. The number of halogens is 1. The Bertz CT molecular complexity index is 1060. The van der Waals surface area contributed by atoms with Gasteiger partial charge < -0.3 is 15.4 Å². The summed E-state index contributed by atoms with van der Waals surface area (Å²) < 4.78 is 26.1. The fraction of sp³-hybridized carbons (Fsp3) is 0.211. The second-order valence-electron chi connectivity index (χ2n) is 6.10. The van der Waals surface area contributed by atoms with E-state index < -0.39 is 29.6 Å². The number of fused-ring (bicyclic) bond motifs is 1. The van der Waals surface area contributed by atoms with Crippen molar-refractivity contribution in [1.82, 2.24) is 8.75 Å². The molecule has 2 aromatic carbocycles. The molecule has 8 nitrogen and oxygen atoms in total. The largest absolute Gasteiger partial charge is 0.455 e. The van der Waals surface area contributed by atoms with Gasteiger partial charge in [-0.15, -0.1) is 11.8 Å². The molecule has 2 amide bonds. The summed E-state index contributed by atoms with van der Waals surface area (Å²) in [4.78, 5) is 36.1. The summed E-state index contributed by atoms with van der Waals surface area (Å²) in [5.41, 5.74) is 2.18. The van der Waals surface area contributed by atoms with Gasteiger partial charge in [-0.3, -0.25) is 14.4 Å². The number of nitrogens with one attached hydrogen (secondary N) is 2. The van der Waals surface area contributed by atoms with Gasteiger partial charge in [-0.05, 0) is 43.3 Å². The van der Waals surface area contributed by atoms with Gasteiger partial charge in [0.05, 0.1) is 23.2 Å². The standard InChI is InChI=1S/C19H17FN4O4S2/c1-11(29-10-17(26)21-13-7-5-12(20)6-8-13)19(27)28-9-16(25)22-14-3-2-4-15-18(14)24-30-23-15/h2-8,11H,9-10H2,1H3,(H,21,26)(H,22,25)/t11-/m1/s1. The highest BCUT2D eigenvalue weighted by molar-refractivity contribution is 8.01. The van der Waals surface area contributed by atoms with Crippen LogP contribution in [0.25, 0.3) is 11.0 Å². The van der Waals surface area contributed by atoms with Crippen LogP contribution in [0.3, 0.4) is 0 Å². The summed E-state index contributed by atoms with van der Waals surface area (Å²) >= 11 is 2.10. The topological polar surface area (TPSA) is 110 Å². The Morgan fingerprint density at radius 3 is 2.63 bits per heavy atom. The molecule has 0 aliphatic carbocycles. The second kappa shape index (κ2) is 10.1. The third-order valence-electron chi connectivity index (χ3n) is 3.83. The van der Waals surface area contributed by atoms with Crippen molar-refractivity contribution in [3.63, 3.8) is 0 Å². The van der Waals surface area contributed by atoms with Crippen LogP contribution in [0.5, 0.6) is 0 Å². The SMILES string of the molecule is C[C@@H](SCC(=O)Nc1ccc(F)cc1)C(=O)OCC(=O)Nc1cccc2nsnc12. The minimum absolute atomic E-state index is 0.00133. The normalized spacial score (nSPS) is 11.7. The number of nitrogens with zero attached hydrogens (tertiary/aromatic N) is 2. The minimum Gasteiger partial charge on any atom is -0.455 e. The first-order valence-electron chi connectivity index (χ1n) is 8.77. The first-order valence-corrected chi connectivity index (χ1v) is 10.5. The number of esters is 1. The second-order valence-corrected chi connectivity index (χ2v) is 7.96. The first-order chi connectivity index (χ1) is 14.4. The molecule has 0 bridgehead atoms. The maximum atomic E-state index is 12.9. The van der Waals surface area contributed by atoms with Gasteiger partial charge in [0.2, 0.25) is 5.91 Å². The summed E-state index contributed by atoms with van der Waals surface area (Å²) in [5.74, 6) is -1.86. The Labute approximate surface area is 179 Å². The molecule has 0 fully saturated rings. The fourth-order valence-electron chi connectivity index (χ4n) is 2.35. The molecule has 0 aliphatic heterocycles. The van der Waals surface area contributed by atoms with Gasteiger partial charge in [0.15, 0.2) is 6.61 Å². The summed E-state index contributed by atoms with van der Waals surface area (Å²) in [6.07, 6.45) is 0. The number of ether oxygens (including phenoxy) is 1. The summed E-state index contributed by atoms with van der Waals surface area (Å²) in [6, 6.07) is 10.5.